The molecule has 0 spiro atoms. The molecule has 0 amide bonds. The minimum atomic E-state index is -1.33. The van der Waals surface area contributed by atoms with Crippen molar-refractivity contribution in [2.45, 2.75) is 39.2 Å². The summed E-state index contributed by atoms with van der Waals surface area (Å²) >= 11 is 0. The van der Waals surface area contributed by atoms with Crippen molar-refractivity contribution in [1.82, 2.24) is 9.97 Å². The molecule has 1 N–H and O–H groups in total. The third-order valence-electron chi connectivity index (χ3n) is 2.65. The minimum Gasteiger partial charge on any atom is -0.374 e. The highest BCUT2D eigenvalue weighted by molar-refractivity contribution is 6.77. The van der Waals surface area contributed by atoms with E-state index in [0.29, 0.717) is 5.82 Å². The number of nitrogens with zero attached hydrogens (tertiary/aromatic N) is 1. The summed E-state index contributed by atoms with van der Waals surface area (Å²) in [6, 6.07) is 0. The average Bonchev–Trinajstić information content (AvgIpc) is 2.59. The standard InChI is InChI=1S/C11H20N2O2Si/c1-8-6-12-11(13-8)10(14)7-15-9(2)16(3,4)5/h6,9H,7H2,1-5H3,(H,12,13). The number of hydrogen-bond donors (Lipinski definition) is 1. The molecule has 1 unspecified atom stereocenters. The molecule has 1 rings (SSSR count). The third kappa shape index (κ3) is 3.57. The molecule has 5 heteroatoms. The van der Waals surface area contributed by atoms with Crippen LogP contribution in [0, 0.1) is 6.92 Å². The Morgan fingerprint density at radius 2 is 2.19 bits per heavy atom. The Balaban J connectivity index is 2.48. The first-order chi connectivity index (χ1) is 7.30. The van der Waals surface area contributed by atoms with Gasteiger partial charge in [-0.3, -0.25) is 4.79 Å². The summed E-state index contributed by atoms with van der Waals surface area (Å²) in [5.74, 6) is 0.304. The van der Waals surface area contributed by atoms with E-state index in [2.05, 4.69) is 29.6 Å². The van der Waals surface area contributed by atoms with E-state index in [-0.39, 0.29) is 18.1 Å². The Morgan fingerprint density at radius 1 is 1.56 bits per heavy atom. The van der Waals surface area contributed by atoms with E-state index in [1.165, 1.54) is 0 Å². The molecule has 16 heavy (non-hydrogen) atoms. The van der Waals surface area contributed by atoms with Gasteiger partial charge in [-0.05, 0) is 13.8 Å². The minimum absolute atomic E-state index is 0.0850. The molecule has 1 heterocycles. The van der Waals surface area contributed by atoms with E-state index in [0.717, 1.165) is 5.69 Å². The van der Waals surface area contributed by atoms with E-state index < -0.39 is 8.07 Å². The van der Waals surface area contributed by atoms with E-state index >= 15 is 0 Å². The third-order valence-corrected chi connectivity index (χ3v) is 5.26. The molecule has 4 nitrogen and oxygen atoms in total. The first-order valence-corrected chi connectivity index (χ1v) is 9.05. The van der Waals surface area contributed by atoms with Gasteiger partial charge in [-0.1, -0.05) is 19.6 Å². The van der Waals surface area contributed by atoms with Gasteiger partial charge in [0.1, 0.15) is 6.61 Å². The lowest BCUT2D eigenvalue weighted by atomic mass is 10.4. The topological polar surface area (TPSA) is 55.0 Å². The van der Waals surface area contributed by atoms with Gasteiger partial charge in [0, 0.05) is 17.6 Å². The summed E-state index contributed by atoms with van der Waals surface area (Å²) in [7, 11) is -1.33. The van der Waals surface area contributed by atoms with Crippen LogP contribution in [0.15, 0.2) is 6.20 Å². The Kier molecular flexibility index (Phi) is 4.04. The van der Waals surface area contributed by atoms with Crippen molar-refractivity contribution in [3.8, 4) is 0 Å². The molecule has 0 saturated carbocycles. The number of rotatable bonds is 5. The number of imidazole rings is 1. The van der Waals surface area contributed by atoms with Crippen LogP contribution in [0.2, 0.25) is 19.6 Å². The summed E-state index contributed by atoms with van der Waals surface area (Å²) in [4.78, 5) is 18.6. The predicted molar refractivity (Wildman–Crippen MR) is 66.4 cm³/mol. The van der Waals surface area contributed by atoms with E-state index in [1.807, 2.05) is 13.8 Å². The van der Waals surface area contributed by atoms with Crippen LogP contribution in [0.25, 0.3) is 0 Å². The quantitative estimate of drug-likeness (QED) is 0.634. The average molecular weight is 240 g/mol. The van der Waals surface area contributed by atoms with Gasteiger partial charge in [-0.15, -0.1) is 0 Å². The zero-order chi connectivity index (χ0) is 12.3. The van der Waals surface area contributed by atoms with Crippen LogP contribution in [0.5, 0.6) is 0 Å². The van der Waals surface area contributed by atoms with E-state index in [9.17, 15) is 4.79 Å². The Hall–Kier alpha value is -0.943. The monoisotopic (exact) mass is 240 g/mol. The summed E-state index contributed by atoms with van der Waals surface area (Å²) in [5, 5.41) is 0. The number of nitrogens with one attached hydrogen (secondary N) is 1. The molecule has 0 aromatic carbocycles. The van der Waals surface area contributed by atoms with Gasteiger partial charge < -0.3 is 9.72 Å². The van der Waals surface area contributed by atoms with Gasteiger partial charge in [-0.25, -0.2) is 4.98 Å². The SMILES string of the molecule is Cc1cnc(C(=O)COC(C)[Si](C)(C)C)[nH]1. The summed E-state index contributed by atoms with van der Waals surface area (Å²) in [6.45, 7) is 10.7. The second-order valence-corrected chi connectivity index (χ2v) is 10.7. The molecule has 0 aliphatic rings. The van der Waals surface area contributed by atoms with E-state index in [4.69, 9.17) is 4.74 Å². The molecule has 0 aliphatic carbocycles. The largest absolute Gasteiger partial charge is 0.374 e. The second-order valence-electron chi connectivity index (χ2n) is 5.16. The fraction of sp³-hybridized carbons (Fsp3) is 0.636. The number of aromatic amines is 1. The molecule has 1 aromatic rings. The van der Waals surface area contributed by atoms with Crippen LogP contribution in [0.4, 0.5) is 0 Å². The van der Waals surface area contributed by atoms with Crippen molar-refractivity contribution in [3.63, 3.8) is 0 Å². The molecule has 90 valence electrons. The normalized spacial score (nSPS) is 13.8. The summed E-state index contributed by atoms with van der Waals surface area (Å²) < 4.78 is 5.58. The van der Waals surface area contributed by atoms with Gasteiger partial charge in [0.15, 0.2) is 5.82 Å². The van der Waals surface area contributed by atoms with Crippen molar-refractivity contribution in [2.24, 2.45) is 0 Å². The van der Waals surface area contributed by atoms with Crippen LogP contribution >= 0.6 is 0 Å². The second kappa shape index (κ2) is 4.93. The lowest BCUT2D eigenvalue weighted by molar-refractivity contribution is 0.0694. The Bertz CT molecular complexity index is 368. The highest BCUT2D eigenvalue weighted by Gasteiger charge is 2.24. The molecular formula is C11H20N2O2Si. The van der Waals surface area contributed by atoms with Gasteiger partial charge >= 0.3 is 0 Å². The summed E-state index contributed by atoms with van der Waals surface area (Å²) in [5.41, 5.74) is 1.06. The maximum absolute atomic E-state index is 11.7. The van der Waals surface area contributed by atoms with Gasteiger partial charge in [0.25, 0.3) is 0 Å². The first kappa shape index (κ1) is 13.1. The number of carbonyl (C=O) groups is 1. The first-order valence-electron chi connectivity index (χ1n) is 5.47. The van der Waals surface area contributed by atoms with Gasteiger partial charge in [0.05, 0.1) is 8.07 Å². The highest BCUT2D eigenvalue weighted by atomic mass is 28.3. The lowest BCUT2D eigenvalue weighted by Gasteiger charge is -2.24. The molecule has 0 saturated heterocycles. The molecular weight excluding hydrogens is 220 g/mol. The zero-order valence-electron chi connectivity index (χ0n) is 10.6. The van der Waals surface area contributed by atoms with Crippen LogP contribution < -0.4 is 0 Å². The number of ketones is 1. The molecule has 1 aromatic heterocycles. The van der Waals surface area contributed by atoms with Crippen LogP contribution in [-0.2, 0) is 4.74 Å². The number of aromatic nitrogens is 2. The Labute approximate surface area is 97.4 Å². The number of hydrogen-bond acceptors (Lipinski definition) is 3. The van der Waals surface area contributed by atoms with Gasteiger partial charge in [0.2, 0.25) is 5.78 Å². The number of Topliss-reactive ketones (excluding diaryl/α,β-unsaturated/α-hetero) is 1. The molecule has 1 atom stereocenters. The van der Waals surface area contributed by atoms with Crippen molar-refractivity contribution < 1.29 is 9.53 Å². The van der Waals surface area contributed by atoms with Crippen LogP contribution in [0.1, 0.15) is 23.2 Å². The lowest BCUT2D eigenvalue weighted by Crippen LogP contribution is -2.39. The van der Waals surface area contributed by atoms with Gasteiger partial charge in [-0.2, -0.15) is 0 Å². The molecule has 0 fully saturated rings. The van der Waals surface area contributed by atoms with E-state index in [1.54, 1.807) is 6.20 Å². The summed E-state index contributed by atoms with van der Waals surface area (Å²) in [6.07, 6.45) is 1.65. The number of carbonyl (C=O) groups excluding carboxylic acids is 1. The van der Waals surface area contributed by atoms with Crippen LogP contribution in [0.3, 0.4) is 0 Å². The predicted octanol–water partition coefficient (Wildman–Crippen LogP) is 2.18. The van der Waals surface area contributed by atoms with Crippen molar-refractivity contribution >= 4 is 13.9 Å². The molecule has 0 aliphatic heterocycles. The maximum atomic E-state index is 11.7. The molecule has 0 radical (unpaired) electrons. The zero-order valence-corrected chi connectivity index (χ0v) is 11.6. The Morgan fingerprint density at radius 3 is 2.62 bits per heavy atom. The van der Waals surface area contributed by atoms with Crippen molar-refractivity contribution in [3.05, 3.63) is 17.7 Å². The fourth-order valence-electron chi connectivity index (χ4n) is 1.07. The molecule has 0 bridgehead atoms. The highest BCUT2D eigenvalue weighted by Crippen LogP contribution is 2.11. The van der Waals surface area contributed by atoms with Crippen molar-refractivity contribution in [1.29, 1.82) is 0 Å². The number of ether oxygens (including phenoxy) is 1. The fourth-order valence-corrected chi connectivity index (χ4v) is 1.66. The maximum Gasteiger partial charge on any atom is 0.223 e. The number of aryl methyl sites for hydroxylation is 1. The van der Waals surface area contributed by atoms with Crippen LogP contribution in [-0.4, -0.2) is 36.2 Å². The number of H-pyrrole nitrogens is 1. The smallest absolute Gasteiger partial charge is 0.223 e. The van der Waals surface area contributed by atoms with Crippen molar-refractivity contribution in [2.75, 3.05) is 6.61 Å².